The number of nitrogens with one attached hydrogen (secondary N) is 1. The van der Waals surface area contributed by atoms with Crippen LogP contribution < -0.4 is 10.2 Å². The molecule has 1 aliphatic rings. The van der Waals surface area contributed by atoms with Gasteiger partial charge in [0.15, 0.2) is 5.13 Å². The zero-order valence-corrected chi connectivity index (χ0v) is 18.8. The Hall–Kier alpha value is -3.61. The Balaban J connectivity index is 1.33. The third-order valence-electron chi connectivity index (χ3n) is 5.41. The normalized spacial score (nSPS) is 16.6. The predicted molar refractivity (Wildman–Crippen MR) is 119 cm³/mol. The maximum Gasteiger partial charge on any atom is 0.471 e. The molecule has 4 aromatic heterocycles. The molecule has 0 amide bonds. The third-order valence-corrected chi connectivity index (χ3v) is 6.24. The highest BCUT2D eigenvalue weighted by atomic mass is 32.1. The summed E-state index contributed by atoms with van der Waals surface area (Å²) in [5, 5.41) is 7.41. The first kappa shape index (κ1) is 22.2. The van der Waals surface area contributed by atoms with E-state index in [9.17, 15) is 13.2 Å². The van der Waals surface area contributed by atoms with Gasteiger partial charge in [-0.15, -0.1) is 11.3 Å². The SMILES string of the molecule is Cc1cnc(Nc2cc(N3CCCC(c4ccnc(-c5noc(C(F)(F)F)n5)c4)C3)ncn2)s1. The number of alkyl halides is 3. The molecule has 34 heavy (non-hydrogen) atoms. The molecule has 0 aliphatic carbocycles. The molecule has 0 saturated carbocycles. The smallest absolute Gasteiger partial charge is 0.356 e. The molecule has 13 heteroatoms. The van der Waals surface area contributed by atoms with E-state index in [0.29, 0.717) is 12.4 Å². The van der Waals surface area contributed by atoms with Crippen molar-refractivity contribution in [2.75, 3.05) is 23.3 Å². The molecule has 1 fully saturated rings. The first-order chi connectivity index (χ1) is 16.3. The average molecular weight is 488 g/mol. The lowest BCUT2D eigenvalue weighted by atomic mass is 9.90. The molecular formula is C21H19F3N8OS. The Morgan fingerprint density at radius 2 is 2.06 bits per heavy atom. The van der Waals surface area contributed by atoms with Crippen molar-refractivity contribution in [2.45, 2.75) is 31.9 Å². The fraction of sp³-hybridized carbons (Fsp3) is 0.333. The number of halogens is 3. The first-order valence-electron chi connectivity index (χ1n) is 10.5. The summed E-state index contributed by atoms with van der Waals surface area (Å²) < 4.78 is 42.7. The number of nitrogens with zero attached hydrogens (tertiary/aromatic N) is 7. The van der Waals surface area contributed by atoms with Crippen molar-refractivity contribution in [1.82, 2.24) is 30.1 Å². The summed E-state index contributed by atoms with van der Waals surface area (Å²) in [5.41, 5.74) is 1.18. The van der Waals surface area contributed by atoms with Crippen molar-refractivity contribution in [2.24, 2.45) is 0 Å². The number of hydrogen-bond donors (Lipinski definition) is 1. The van der Waals surface area contributed by atoms with Crippen LogP contribution in [0.3, 0.4) is 0 Å². The molecule has 1 N–H and O–H groups in total. The van der Waals surface area contributed by atoms with Gasteiger partial charge in [-0.2, -0.15) is 18.2 Å². The Kier molecular flexibility index (Phi) is 5.86. The van der Waals surface area contributed by atoms with E-state index in [-0.39, 0.29) is 17.4 Å². The van der Waals surface area contributed by atoms with Crippen LogP contribution in [0.25, 0.3) is 11.5 Å². The molecule has 0 radical (unpaired) electrons. The van der Waals surface area contributed by atoms with E-state index in [1.807, 2.05) is 19.1 Å². The highest BCUT2D eigenvalue weighted by Gasteiger charge is 2.38. The second-order valence-electron chi connectivity index (χ2n) is 7.84. The maximum atomic E-state index is 12.8. The molecule has 1 atom stereocenters. The van der Waals surface area contributed by atoms with Crippen LogP contribution in [0.2, 0.25) is 0 Å². The van der Waals surface area contributed by atoms with E-state index in [0.717, 1.165) is 40.8 Å². The predicted octanol–water partition coefficient (Wildman–Crippen LogP) is 4.83. The largest absolute Gasteiger partial charge is 0.471 e. The van der Waals surface area contributed by atoms with Gasteiger partial charge < -0.3 is 14.7 Å². The van der Waals surface area contributed by atoms with Gasteiger partial charge in [0.25, 0.3) is 0 Å². The average Bonchev–Trinajstić information content (AvgIpc) is 3.49. The lowest BCUT2D eigenvalue weighted by Gasteiger charge is -2.34. The summed E-state index contributed by atoms with van der Waals surface area (Å²) in [6.07, 6.45) is 2.02. The molecule has 4 aromatic rings. The standard InChI is InChI=1S/C21H19F3N8OS/c1-12-9-26-20(34-12)29-16-8-17(28-11-27-16)32-6-2-3-14(10-32)13-4-5-25-15(7-13)18-30-19(33-31-18)21(22,23)24/h4-5,7-9,11,14H,2-3,6,10H2,1H3,(H,26,27,28,29). The van der Waals surface area contributed by atoms with Crippen molar-refractivity contribution >= 4 is 28.1 Å². The quantitative estimate of drug-likeness (QED) is 0.423. The molecule has 176 valence electrons. The van der Waals surface area contributed by atoms with Gasteiger partial charge in [-0.3, -0.25) is 4.98 Å². The van der Waals surface area contributed by atoms with Gasteiger partial charge in [-0.25, -0.2) is 15.0 Å². The van der Waals surface area contributed by atoms with Crippen LogP contribution in [-0.2, 0) is 6.18 Å². The van der Waals surface area contributed by atoms with Crippen LogP contribution in [0, 0.1) is 6.92 Å². The Bertz CT molecular complexity index is 1290. The van der Waals surface area contributed by atoms with Crippen molar-refractivity contribution < 1.29 is 17.7 Å². The minimum absolute atomic E-state index is 0.137. The summed E-state index contributed by atoms with van der Waals surface area (Å²) >= 11 is 1.54. The van der Waals surface area contributed by atoms with E-state index in [1.165, 1.54) is 6.33 Å². The number of piperidine rings is 1. The van der Waals surface area contributed by atoms with Gasteiger partial charge in [-0.05, 0) is 37.5 Å². The number of anilines is 3. The van der Waals surface area contributed by atoms with E-state index in [2.05, 4.69) is 44.8 Å². The number of rotatable bonds is 5. The first-order valence-corrected chi connectivity index (χ1v) is 11.3. The van der Waals surface area contributed by atoms with Gasteiger partial charge in [-0.1, -0.05) is 5.16 Å². The summed E-state index contributed by atoms with van der Waals surface area (Å²) in [7, 11) is 0. The highest BCUT2D eigenvalue weighted by Crippen LogP contribution is 2.33. The number of aryl methyl sites for hydroxylation is 1. The zero-order chi connectivity index (χ0) is 23.7. The minimum Gasteiger partial charge on any atom is -0.356 e. The molecule has 1 saturated heterocycles. The van der Waals surface area contributed by atoms with Gasteiger partial charge >= 0.3 is 12.1 Å². The van der Waals surface area contributed by atoms with Gasteiger partial charge in [0.1, 0.15) is 23.7 Å². The van der Waals surface area contributed by atoms with E-state index in [1.54, 1.807) is 29.8 Å². The molecule has 9 nitrogen and oxygen atoms in total. The monoisotopic (exact) mass is 488 g/mol. The van der Waals surface area contributed by atoms with Crippen LogP contribution in [0.5, 0.6) is 0 Å². The van der Waals surface area contributed by atoms with Crippen LogP contribution >= 0.6 is 11.3 Å². The number of hydrogen-bond acceptors (Lipinski definition) is 10. The molecule has 0 spiro atoms. The summed E-state index contributed by atoms with van der Waals surface area (Å²) in [6.45, 7) is 3.51. The number of aromatic nitrogens is 6. The molecular weight excluding hydrogens is 469 g/mol. The summed E-state index contributed by atoms with van der Waals surface area (Å²) in [5.74, 6) is 0.00544. The van der Waals surface area contributed by atoms with E-state index < -0.39 is 12.1 Å². The molecule has 1 unspecified atom stereocenters. The molecule has 0 bridgehead atoms. The van der Waals surface area contributed by atoms with Gasteiger partial charge in [0.05, 0.1) is 0 Å². The van der Waals surface area contributed by atoms with Crippen LogP contribution in [-0.4, -0.2) is 43.2 Å². The van der Waals surface area contributed by atoms with E-state index in [4.69, 9.17) is 0 Å². The van der Waals surface area contributed by atoms with Crippen molar-refractivity contribution in [1.29, 1.82) is 0 Å². The molecule has 5 heterocycles. The Labute approximate surface area is 196 Å². The van der Waals surface area contributed by atoms with Crippen LogP contribution in [0.15, 0.2) is 41.4 Å². The highest BCUT2D eigenvalue weighted by molar-refractivity contribution is 7.15. The van der Waals surface area contributed by atoms with Gasteiger partial charge in [0.2, 0.25) is 5.82 Å². The van der Waals surface area contributed by atoms with Crippen LogP contribution in [0.1, 0.15) is 35.1 Å². The zero-order valence-electron chi connectivity index (χ0n) is 18.0. The Morgan fingerprint density at radius 3 is 2.82 bits per heavy atom. The Morgan fingerprint density at radius 1 is 1.18 bits per heavy atom. The topological polar surface area (TPSA) is 106 Å². The fourth-order valence-corrected chi connectivity index (χ4v) is 4.50. The lowest BCUT2D eigenvalue weighted by Crippen LogP contribution is -2.35. The fourth-order valence-electron chi connectivity index (χ4n) is 3.83. The van der Waals surface area contributed by atoms with Crippen molar-refractivity contribution in [3.8, 4) is 11.5 Å². The van der Waals surface area contributed by atoms with Crippen LogP contribution in [0.4, 0.5) is 29.9 Å². The summed E-state index contributed by atoms with van der Waals surface area (Å²) in [6, 6.07) is 5.46. The van der Waals surface area contributed by atoms with Crippen molar-refractivity contribution in [3.05, 3.63) is 53.3 Å². The van der Waals surface area contributed by atoms with Gasteiger partial charge in [0, 0.05) is 42.3 Å². The molecule has 0 aromatic carbocycles. The molecule has 1 aliphatic heterocycles. The second kappa shape index (κ2) is 8.97. The van der Waals surface area contributed by atoms with E-state index >= 15 is 0 Å². The third kappa shape index (κ3) is 4.83. The second-order valence-corrected chi connectivity index (χ2v) is 9.08. The maximum absolute atomic E-state index is 12.8. The minimum atomic E-state index is -4.70. The molecule has 5 rings (SSSR count). The number of thiazole rings is 1. The summed E-state index contributed by atoms with van der Waals surface area (Å²) in [4.78, 5) is 23.9. The number of pyridine rings is 1. The lowest BCUT2D eigenvalue weighted by molar-refractivity contribution is -0.159. The van der Waals surface area contributed by atoms with Crippen molar-refractivity contribution in [3.63, 3.8) is 0 Å².